The van der Waals surface area contributed by atoms with Crippen molar-refractivity contribution < 1.29 is 9.13 Å². The summed E-state index contributed by atoms with van der Waals surface area (Å²) in [7, 11) is 0. The molecule has 1 fully saturated rings. The summed E-state index contributed by atoms with van der Waals surface area (Å²) in [6.07, 6.45) is 11.3. The van der Waals surface area contributed by atoms with E-state index >= 15 is 0 Å². The molecule has 0 amide bonds. The summed E-state index contributed by atoms with van der Waals surface area (Å²) >= 11 is 0. The smallest absolute Gasteiger partial charge is 0.127 e. The van der Waals surface area contributed by atoms with Gasteiger partial charge in [-0.3, -0.25) is 0 Å². The summed E-state index contributed by atoms with van der Waals surface area (Å²) < 4.78 is 19.9. The van der Waals surface area contributed by atoms with Crippen molar-refractivity contribution in [2.24, 2.45) is 5.92 Å². The van der Waals surface area contributed by atoms with Gasteiger partial charge in [-0.05, 0) is 67.6 Å². The number of hydrogen-bond donors (Lipinski definition) is 0. The van der Waals surface area contributed by atoms with Crippen molar-refractivity contribution in [1.82, 2.24) is 0 Å². The third kappa shape index (κ3) is 4.95. The summed E-state index contributed by atoms with van der Waals surface area (Å²) in [6.45, 7) is 5.50. The molecule has 0 aromatic heterocycles. The summed E-state index contributed by atoms with van der Waals surface area (Å²) in [5.41, 5.74) is 1.84. The topological polar surface area (TPSA) is 9.23 Å². The van der Waals surface area contributed by atoms with E-state index in [1.54, 1.807) is 6.07 Å². The van der Waals surface area contributed by atoms with E-state index < -0.39 is 0 Å². The van der Waals surface area contributed by atoms with Crippen LogP contribution in [0.25, 0.3) is 0 Å². The zero-order valence-corrected chi connectivity index (χ0v) is 14.0. The van der Waals surface area contributed by atoms with E-state index in [1.165, 1.54) is 12.8 Å². The molecule has 0 spiro atoms. The highest BCUT2D eigenvalue weighted by atomic mass is 19.1. The Kier molecular flexibility index (Phi) is 7.11. The van der Waals surface area contributed by atoms with Crippen LogP contribution in [-0.4, -0.2) is 6.61 Å². The average molecular weight is 304 g/mol. The van der Waals surface area contributed by atoms with Crippen molar-refractivity contribution in [3.05, 3.63) is 47.3 Å². The van der Waals surface area contributed by atoms with Crippen LogP contribution in [0.1, 0.15) is 69.4 Å². The fraction of sp³-hybridized carbons (Fsp3) is 0.600. The molecular formula is C20H29FO. The van der Waals surface area contributed by atoms with Crippen LogP contribution in [0.15, 0.2) is 30.4 Å². The van der Waals surface area contributed by atoms with Gasteiger partial charge >= 0.3 is 0 Å². The highest BCUT2D eigenvalue weighted by Gasteiger charge is 2.23. The first-order chi connectivity index (χ1) is 10.7. The predicted octanol–water partition coefficient (Wildman–Crippen LogP) is 5.99. The summed E-state index contributed by atoms with van der Waals surface area (Å²) in [5, 5.41) is 0. The third-order valence-electron chi connectivity index (χ3n) is 4.54. The summed E-state index contributed by atoms with van der Waals surface area (Å²) in [4.78, 5) is 0. The third-order valence-corrected chi connectivity index (χ3v) is 4.54. The van der Waals surface area contributed by atoms with Crippen LogP contribution in [-0.2, 0) is 11.3 Å². The fourth-order valence-electron chi connectivity index (χ4n) is 3.28. The molecule has 0 radical (unpaired) electrons. The molecule has 2 heteroatoms. The second kappa shape index (κ2) is 9.09. The Morgan fingerprint density at radius 2 is 1.95 bits per heavy atom. The van der Waals surface area contributed by atoms with E-state index in [0.29, 0.717) is 18.4 Å². The normalized spacial score (nSPS) is 22.3. The van der Waals surface area contributed by atoms with Crippen LogP contribution in [0.2, 0.25) is 0 Å². The van der Waals surface area contributed by atoms with Crippen molar-refractivity contribution in [2.45, 2.75) is 64.9 Å². The lowest BCUT2D eigenvalue weighted by Gasteiger charge is -2.27. The van der Waals surface area contributed by atoms with Gasteiger partial charge in [0.2, 0.25) is 0 Å². The van der Waals surface area contributed by atoms with Crippen molar-refractivity contribution >= 4 is 0 Å². The number of ether oxygens (including phenoxy) is 1. The van der Waals surface area contributed by atoms with Crippen molar-refractivity contribution in [1.29, 1.82) is 0 Å². The SMILES string of the molecule is CC/C=C/C1CCC(c2ccc(COCCC)cc2F)CC1. The molecule has 0 heterocycles. The molecule has 1 nitrogen and oxygen atoms in total. The average Bonchev–Trinajstić information content (AvgIpc) is 2.54. The quantitative estimate of drug-likeness (QED) is 0.444. The monoisotopic (exact) mass is 304 g/mol. The molecule has 22 heavy (non-hydrogen) atoms. The minimum absolute atomic E-state index is 0.0508. The molecule has 0 bridgehead atoms. The van der Waals surface area contributed by atoms with Gasteiger partial charge < -0.3 is 4.74 Å². The molecule has 0 aliphatic heterocycles. The molecule has 0 N–H and O–H groups in total. The molecule has 0 atom stereocenters. The molecular weight excluding hydrogens is 275 g/mol. The molecule has 1 saturated carbocycles. The van der Waals surface area contributed by atoms with E-state index in [9.17, 15) is 4.39 Å². The highest BCUT2D eigenvalue weighted by Crippen LogP contribution is 2.37. The van der Waals surface area contributed by atoms with Gasteiger partial charge in [0.1, 0.15) is 5.82 Å². The Bertz CT molecular complexity index is 473. The number of benzene rings is 1. The van der Waals surface area contributed by atoms with E-state index in [1.807, 2.05) is 12.1 Å². The zero-order chi connectivity index (χ0) is 15.8. The molecule has 122 valence electrons. The lowest BCUT2D eigenvalue weighted by Crippen LogP contribution is -2.13. The lowest BCUT2D eigenvalue weighted by molar-refractivity contribution is 0.121. The second-order valence-electron chi connectivity index (χ2n) is 6.36. The predicted molar refractivity (Wildman–Crippen MR) is 90.5 cm³/mol. The minimum Gasteiger partial charge on any atom is -0.377 e. The van der Waals surface area contributed by atoms with E-state index in [4.69, 9.17) is 4.74 Å². The summed E-state index contributed by atoms with van der Waals surface area (Å²) in [5.74, 6) is 1.03. The Morgan fingerprint density at radius 1 is 1.18 bits per heavy atom. The van der Waals surface area contributed by atoms with Crippen LogP contribution < -0.4 is 0 Å². The molecule has 0 saturated heterocycles. The van der Waals surface area contributed by atoms with Gasteiger partial charge in [-0.15, -0.1) is 0 Å². The van der Waals surface area contributed by atoms with Gasteiger partial charge in [0, 0.05) is 6.61 Å². The van der Waals surface area contributed by atoms with Crippen molar-refractivity contribution in [3.8, 4) is 0 Å². The maximum atomic E-state index is 14.4. The number of rotatable bonds is 7. The van der Waals surface area contributed by atoms with Crippen molar-refractivity contribution in [2.75, 3.05) is 6.61 Å². The van der Waals surface area contributed by atoms with Gasteiger partial charge in [-0.1, -0.05) is 38.1 Å². The van der Waals surface area contributed by atoms with Crippen LogP contribution in [0.4, 0.5) is 4.39 Å². The summed E-state index contributed by atoms with van der Waals surface area (Å²) in [6, 6.07) is 5.66. The molecule has 1 aromatic rings. The van der Waals surface area contributed by atoms with Crippen LogP contribution in [0, 0.1) is 11.7 Å². The van der Waals surface area contributed by atoms with Crippen LogP contribution >= 0.6 is 0 Å². The fourth-order valence-corrected chi connectivity index (χ4v) is 3.28. The van der Waals surface area contributed by atoms with Gasteiger partial charge in [0.15, 0.2) is 0 Å². The van der Waals surface area contributed by atoms with Gasteiger partial charge in [0.25, 0.3) is 0 Å². The molecule has 0 unspecified atom stereocenters. The maximum Gasteiger partial charge on any atom is 0.127 e. The molecule has 1 aromatic carbocycles. The minimum atomic E-state index is -0.0508. The van der Waals surface area contributed by atoms with Crippen LogP contribution in [0.3, 0.4) is 0 Å². The van der Waals surface area contributed by atoms with E-state index in [-0.39, 0.29) is 5.82 Å². The van der Waals surface area contributed by atoms with Crippen molar-refractivity contribution in [3.63, 3.8) is 0 Å². The van der Waals surface area contributed by atoms with Crippen LogP contribution in [0.5, 0.6) is 0 Å². The van der Waals surface area contributed by atoms with Gasteiger partial charge in [-0.25, -0.2) is 4.39 Å². The first-order valence-corrected chi connectivity index (χ1v) is 8.77. The Hall–Kier alpha value is -1.15. The number of allylic oxidation sites excluding steroid dienone is 2. The number of hydrogen-bond acceptors (Lipinski definition) is 1. The maximum absolute atomic E-state index is 14.4. The first-order valence-electron chi connectivity index (χ1n) is 8.77. The first kappa shape index (κ1) is 17.2. The standard InChI is InChI=1S/C20H29FO/c1-3-5-6-16-7-10-18(11-8-16)19-12-9-17(14-20(19)21)15-22-13-4-2/h5-6,9,12,14,16,18H,3-4,7-8,10-11,13,15H2,1-2H3/b6-5+. The molecule has 1 aliphatic carbocycles. The second-order valence-corrected chi connectivity index (χ2v) is 6.36. The molecule has 2 rings (SSSR count). The van der Waals surface area contributed by atoms with E-state index in [2.05, 4.69) is 26.0 Å². The Balaban J connectivity index is 1.91. The van der Waals surface area contributed by atoms with Gasteiger partial charge in [0.05, 0.1) is 6.61 Å². The van der Waals surface area contributed by atoms with E-state index in [0.717, 1.165) is 43.4 Å². The molecule has 1 aliphatic rings. The van der Waals surface area contributed by atoms with Gasteiger partial charge in [-0.2, -0.15) is 0 Å². The largest absolute Gasteiger partial charge is 0.377 e. The Morgan fingerprint density at radius 3 is 2.59 bits per heavy atom. The lowest BCUT2D eigenvalue weighted by atomic mass is 9.78. The highest BCUT2D eigenvalue weighted by molar-refractivity contribution is 5.27. The number of halogens is 1. The zero-order valence-electron chi connectivity index (χ0n) is 14.0. The Labute approximate surface area is 134 Å².